The molecule has 25 heavy (non-hydrogen) atoms. The number of imidazole rings is 1. The van der Waals surface area contributed by atoms with E-state index in [-0.39, 0.29) is 24.0 Å². The molecule has 1 N–H and O–H groups in total. The van der Waals surface area contributed by atoms with Gasteiger partial charge in [-0.3, -0.25) is 4.99 Å². The van der Waals surface area contributed by atoms with Gasteiger partial charge >= 0.3 is 0 Å². The van der Waals surface area contributed by atoms with E-state index in [1.54, 1.807) is 0 Å². The predicted molar refractivity (Wildman–Crippen MR) is 113 cm³/mol. The predicted octanol–water partition coefficient (Wildman–Crippen LogP) is 3.36. The fourth-order valence-corrected chi connectivity index (χ4v) is 3.25. The third kappa shape index (κ3) is 5.73. The molecule has 6 heteroatoms. The second kappa shape index (κ2) is 9.79. The smallest absolute Gasteiger partial charge is 0.193 e. The van der Waals surface area contributed by atoms with E-state index in [2.05, 4.69) is 55.9 Å². The van der Waals surface area contributed by atoms with Crippen LogP contribution in [0, 0.1) is 5.92 Å². The molecule has 1 atom stereocenters. The number of rotatable bonds is 4. The highest BCUT2D eigenvalue weighted by molar-refractivity contribution is 14.0. The lowest BCUT2D eigenvalue weighted by molar-refractivity contribution is 0.266. The average molecular weight is 453 g/mol. The third-order valence-corrected chi connectivity index (χ3v) is 4.57. The number of aromatic nitrogens is 2. The summed E-state index contributed by atoms with van der Waals surface area (Å²) >= 11 is 0. The van der Waals surface area contributed by atoms with Crippen LogP contribution in [0.25, 0.3) is 0 Å². The van der Waals surface area contributed by atoms with Crippen molar-refractivity contribution in [2.45, 2.75) is 32.9 Å². The van der Waals surface area contributed by atoms with E-state index >= 15 is 0 Å². The van der Waals surface area contributed by atoms with Crippen LogP contribution in [0.5, 0.6) is 0 Å². The molecule has 0 amide bonds. The highest BCUT2D eigenvalue weighted by Gasteiger charge is 2.18. The number of nitrogens with zero attached hydrogens (tertiary/aromatic N) is 4. The molecule has 0 spiro atoms. The molecule has 0 radical (unpaired) electrons. The highest BCUT2D eigenvalue weighted by Crippen LogP contribution is 2.15. The maximum atomic E-state index is 4.45. The van der Waals surface area contributed by atoms with Crippen molar-refractivity contribution in [2.75, 3.05) is 20.1 Å². The minimum atomic E-state index is 0. The van der Waals surface area contributed by atoms with Crippen LogP contribution in [-0.2, 0) is 13.1 Å². The van der Waals surface area contributed by atoms with Crippen molar-refractivity contribution in [3.8, 4) is 0 Å². The SMILES string of the molecule is CN=C(NCc1ccc(Cn2ccnc2)cc1)N1CCCC(C)C1.I. The van der Waals surface area contributed by atoms with Gasteiger partial charge in [0.05, 0.1) is 6.33 Å². The summed E-state index contributed by atoms with van der Waals surface area (Å²) in [6.07, 6.45) is 8.22. The van der Waals surface area contributed by atoms with Crippen LogP contribution in [0.2, 0.25) is 0 Å². The summed E-state index contributed by atoms with van der Waals surface area (Å²) in [5.41, 5.74) is 2.56. The second-order valence-electron chi connectivity index (χ2n) is 6.65. The van der Waals surface area contributed by atoms with Crippen molar-refractivity contribution in [2.24, 2.45) is 10.9 Å². The molecule has 1 fully saturated rings. The quantitative estimate of drug-likeness (QED) is 0.439. The monoisotopic (exact) mass is 453 g/mol. The minimum absolute atomic E-state index is 0. The lowest BCUT2D eigenvalue weighted by Gasteiger charge is -2.33. The number of halogens is 1. The molecule has 0 aliphatic carbocycles. The topological polar surface area (TPSA) is 45.5 Å². The highest BCUT2D eigenvalue weighted by atomic mass is 127. The minimum Gasteiger partial charge on any atom is -0.352 e. The molecular formula is C19H28IN5. The Hall–Kier alpha value is -1.57. The largest absolute Gasteiger partial charge is 0.352 e. The zero-order chi connectivity index (χ0) is 16.8. The molecule has 2 heterocycles. The van der Waals surface area contributed by atoms with Crippen LogP contribution in [0.4, 0.5) is 0 Å². The zero-order valence-electron chi connectivity index (χ0n) is 15.1. The first-order valence-electron chi connectivity index (χ1n) is 8.74. The number of likely N-dealkylation sites (tertiary alicyclic amines) is 1. The van der Waals surface area contributed by atoms with Gasteiger partial charge in [-0.1, -0.05) is 31.2 Å². The second-order valence-corrected chi connectivity index (χ2v) is 6.65. The Bertz CT molecular complexity index is 651. The van der Waals surface area contributed by atoms with Gasteiger partial charge in [-0.2, -0.15) is 0 Å². The fraction of sp³-hybridized carbons (Fsp3) is 0.474. The number of piperidine rings is 1. The van der Waals surface area contributed by atoms with Crippen molar-refractivity contribution in [3.05, 3.63) is 54.1 Å². The van der Waals surface area contributed by atoms with Crippen LogP contribution in [0.3, 0.4) is 0 Å². The molecule has 2 aromatic rings. The molecule has 136 valence electrons. The Labute approximate surface area is 167 Å². The number of hydrogen-bond acceptors (Lipinski definition) is 2. The summed E-state index contributed by atoms with van der Waals surface area (Å²) < 4.78 is 2.08. The Kier molecular flexibility index (Phi) is 7.74. The number of benzene rings is 1. The Morgan fingerprint density at radius 3 is 2.68 bits per heavy atom. The number of guanidine groups is 1. The molecule has 1 aromatic carbocycles. The van der Waals surface area contributed by atoms with E-state index in [0.29, 0.717) is 0 Å². The zero-order valence-corrected chi connectivity index (χ0v) is 17.4. The first-order valence-corrected chi connectivity index (χ1v) is 8.74. The summed E-state index contributed by atoms with van der Waals surface area (Å²) in [5.74, 6) is 1.77. The summed E-state index contributed by atoms with van der Waals surface area (Å²) in [7, 11) is 1.87. The normalized spacial score (nSPS) is 17.9. The lowest BCUT2D eigenvalue weighted by atomic mass is 10.0. The molecule has 0 saturated carbocycles. The van der Waals surface area contributed by atoms with Crippen molar-refractivity contribution in [1.29, 1.82) is 0 Å². The van der Waals surface area contributed by atoms with Gasteiger partial charge in [0.25, 0.3) is 0 Å². The van der Waals surface area contributed by atoms with Crippen LogP contribution in [-0.4, -0.2) is 40.5 Å². The maximum absolute atomic E-state index is 4.45. The van der Waals surface area contributed by atoms with Crippen LogP contribution < -0.4 is 5.32 Å². The number of nitrogens with one attached hydrogen (secondary N) is 1. The van der Waals surface area contributed by atoms with Crippen molar-refractivity contribution in [3.63, 3.8) is 0 Å². The van der Waals surface area contributed by atoms with Crippen molar-refractivity contribution in [1.82, 2.24) is 19.8 Å². The van der Waals surface area contributed by atoms with Gasteiger partial charge in [-0.25, -0.2) is 4.98 Å². The van der Waals surface area contributed by atoms with Gasteiger partial charge in [0, 0.05) is 45.6 Å². The molecule has 5 nitrogen and oxygen atoms in total. The maximum Gasteiger partial charge on any atom is 0.193 e. The van der Waals surface area contributed by atoms with Crippen LogP contribution in [0.15, 0.2) is 48.0 Å². The first-order chi connectivity index (χ1) is 11.7. The molecule has 3 rings (SSSR count). The first kappa shape index (κ1) is 19.8. The summed E-state index contributed by atoms with van der Waals surface area (Å²) in [6.45, 7) is 6.19. The molecule has 0 bridgehead atoms. The lowest BCUT2D eigenvalue weighted by Crippen LogP contribution is -2.45. The Morgan fingerprint density at radius 2 is 2.04 bits per heavy atom. The van der Waals surface area contributed by atoms with Crippen molar-refractivity contribution < 1.29 is 0 Å². The van der Waals surface area contributed by atoms with Crippen LogP contribution >= 0.6 is 24.0 Å². The standard InChI is InChI=1S/C19H27N5.HI/c1-16-4-3-10-24(13-16)19(20-2)22-12-17-5-7-18(8-6-17)14-23-11-9-21-15-23;/h5-9,11,15-16H,3-4,10,12-14H2,1-2H3,(H,20,22);1H. The van der Waals surface area contributed by atoms with E-state index in [9.17, 15) is 0 Å². The van der Waals surface area contributed by atoms with Gasteiger partial charge in [0.15, 0.2) is 5.96 Å². The average Bonchev–Trinajstić information content (AvgIpc) is 3.10. The van der Waals surface area contributed by atoms with Gasteiger partial charge in [-0.05, 0) is 29.9 Å². The van der Waals surface area contributed by atoms with Gasteiger partial charge in [0.2, 0.25) is 0 Å². The third-order valence-electron chi connectivity index (χ3n) is 4.57. The van der Waals surface area contributed by atoms with E-state index in [0.717, 1.165) is 38.1 Å². The van der Waals surface area contributed by atoms with E-state index in [1.165, 1.54) is 24.0 Å². The number of hydrogen-bond donors (Lipinski definition) is 1. The molecule has 1 saturated heterocycles. The fourth-order valence-electron chi connectivity index (χ4n) is 3.25. The molecule has 1 aliphatic heterocycles. The molecule has 1 aromatic heterocycles. The van der Waals surface area contributed by atoms with Crippen LogP contribution in [0.1, 0.15) is 30.9 Å². The summed E-state index contributed by atoms with van der Waals surface area (Å²) in [6, 6.07) is 8.74. The van der Waals surface area contributed by atoms with E-state index in [4.69, 9.17) is 0 Å². The number of aliphatic imine (C=N–C) groups is 1. The van der Waals surface area contributed by atoms with Gasteiger partial charge in [-0.15, -0.1) is 24.0 Å². The van der Waals surface area contributed by atoms with Gasteiger partial charge < -0.3 is 14.8 Å². The van der Waals surface area contributed by atoms with Crippen molar-refractivity contribution >= 4 is 29.9 Å². The summed E-state index contributed by atoms with van der Waals surface area (Å²) in [5, 5.41) is 3.50. The molecular weight excluding hydrogens is 425 g/mol. The molecule has 1 aliphatic rings. The molecule has 1 unspecified atom stereocenters. The van der Waals surface area contributed by atoms with Gasteiger partial charge in [0.1, 0.15) is 0 Å². The Balaban J connectivity index is 0.00000225. The van der Waals surface area contributed by atoms with E-state index in [1.807, 2.05) is 25.8 Å². The summed E-state index contributed by atoms with van der Waals surface area (Å²) in [4.78, 5) is 10.9. The van der Waals surface area contributed by atoms with E-state index < -0.39 is 0 Å². The Morgan fingerprint density at radius 1 is 1.28 bits per heavy atom.